The Balaban J connectivity index is 0. The lowest BCUT2D eigenvalue weighted by Crippen LogP contribution is -2.31. The third kappa shape index (κ3) is 10.1. The maximum atomic E-state index is 11.4. The van der Waals surface area contributed by atoms with Crippen LogP contribution in [0.4, 0.5) is 0 Å². The van der Waals surface area contributed by atoms with Gasteiger partial charge in [0.1, 0.15) is 0 Å². The number of nitrogens with one attached hydrogen (secondary N) is 2. The van der Waals surface area contributed by atoms with Crippen molar-refractivity contribution in [2.75, 3.05) is 19.6 Å². The van der Waals surface area contributed by atoms with Crippen molar-refractivity contribution in [2.45, 2.75) is 33.1 Å². The van der Waals surface area contributed by atoms with Crippen molar-refractivity contribution in [1.29, 1.82) is 0 Å². The van der Waals surface area contributed by atoms with Crippen molar-refractivity contribution in [3.63, 3.8) is 0 Å². The van der Waals surface area contributed by atoms with Gasteiger partial charge in [0.15, 0.2) is 0 Å². The number of halogens is 2. The molecule has 0 aliphatic heterocycles. The van der Waals surface area contributed by atoms with E-state index in [-0.39, 0.29) is 30.7 Å². The van der Waals surface area contributed by atoms with Gasteiger partial charge in [-0.25, -0.2) is 4.98 Å². The molecule has 0 radical (unpaired) electrons. The van der Waals surface area contributed by atoms with E-state index in [9.17, 15) is 4.79 Å². The third-order valence-electron chi connectivity index (χ3n) is 2.38. The van der Waals surface area contributed by atoms with Crippen LogP contribution in [0.25, 0.3) is 0 Å². The minimum absolute atomic E-state index is 0. The monoisotopic (exact) mass is 327 g/mol. The fraction of sp³-hybridized carbons (Fsp3) is 0.667. The van der Waals surface area contributed by atoms with Crippen LogP contribution < -0.4 is 10.6 Å². The summed E-state index contributed by atoms with van der Waals surface area (Å²) in [5.74, 6) is 0.134. The Labute approximate surface area is 131 Å². The standard InChI is InChI=1S/C12H21N3OS.2ClH/c1-3-13-7-8-14-12(16)6-4-5-11-9-17-10(2)15-11;;/h9,13H,3-8H2,1-2H3,(H,14,16);2*1H. The van der Waals surface area contributed by atoms with Gasteiger partial charge in [0.05, 0.1) is 10.7 Å². The molecule has 19 heavy (non-hydrogen) atoms. The summed E-state index contributed by atoms with van der Waals surface area (Å²) >= 11 is 1.66. The molecule has 0 unspecified atom stereocenters. The predicted molar refractivity (Wildman–Crippen MR) is 85.8 cm³/mol. The molecule has 112 valence electrons. The van der Waals surface area contributed by atoms with Gasteiger partial charge >= 0.3 is 0 Å². The Morgan fingerprint density at radius 1 is 1.37 bits per heavy atom. The van der Waals surface area contributed by atoms with E-state index in [4.69, 9.17) is 0 Å². The van der Waals surface area contributed by atoms with Crippen molar-refractivity contribution in [3.8, 4) is 0 Å². The fourth-order valence-electron chi connectivity index (χ4n) is 1.51. The molecule has 1 heterocycles. The molecule has 0 aliphatic rings. The number of rotatable bonds is 8. The number of aromatic nitrogens is 1. The van der Waals surface area contributed by atoms with Gasteiger partial charge < -0.3 is 10.6 Å². The molecule has 0 saturated carbocycles. The second kappa shape index (κ2) is 12.7. The molecule has 7 heteroatoms. The number of thiazole rings is 1. The first-order chi connectivity index (χ1) is 8.22. The van der Waals surface area contributed by atoms with Crippen LogP contribution in [-0.4, -0.2) is 30.5 Å². The van der Waals surface area contributed by atoms with Crippen LogP contribution in [0.15, 0.2) is 5.38 Å². The summed E-state index contributed by atoms with van der Waals surface area (Å²) < 4.78 is 0. The van der Waals surface area contributed by atoms with Crippen LogP contribution in [0.5, 0.6) is 0 Å². The third-order valence-corrected chi connectivity index (χ3v) is 3.20. The molecule has 0 aromatic carbocycles. The summed E-state index contributed by atoms with van der Waals surface area (Å²) in [6.45, 7) is 6.55. The first-order valence-corrected chi connectivity index (χ1v) is 6.98. The Hall–Kier alpha value is -0.360. The molecule has 1 aromatic heterocycles. The van der Waals surface area contributed by atoms with Crippen molar-refractivity contribution in [2.24, 2.45) is 0 Å². The van der Waals surface area contributed by atoms with Crippen LogP contribution in [-0.2, 0) is 11.2 Å². The van der Waals surface area contributed by atoms with E-state index in [1.807, 2.05) is 6.92 Å². The van der Waals surface area contributed by atoms with E-state index in [2.05, 4.69) is 27.9 Å². The van der Waals surface area contributed by atoms with Gasteiger partial charge in [0.2, 0.25) is 5.91 Å². The summed E-state index contributed by atoms with van der Waals surface area (Å²) in [6, 6.07) is 0. The van der Waals surface area contributed by atoms with Gasteiger partial charge in [0, 0.05) is 24.9 Å². The zero-order chi connectivity index (χ0) is 12.5. The summed E-state index contributed by atoms with van der Waals surface area (Å²) in [4.78, 5) is 15.8. The van der Waals surface area contributed by atoms with E-state index < -0.39 is 0 Å². The number of amides is 1. The van der Waals surface area contributed by atoms with Crippen LogP contribution in [0.1, 0.15) is 30.5 Å². The molecule has 0 spiro atoms. The molecule has 2 N–H and O–H groups in total. The summed E-state index contributed by atoms with van der Waals surface area (Å²) in [5, 5.41) is 9.22. The molecule has 0 bridgehead atoms. The number of hydrogen-bond acceptors (Lipinski definition) is 4. The number of aryl methyl sites for hydroxylation is 2. The van der Waals surface area contributed by atoms with Crippen LogP contribution in [0.3, 0.4) is 0 Å². The molecule has 0 saturated heterocycles. The van der Waals surface area contributed by atoms with Gasteiger partial charge in [-0.15, -0.1) is 36.2 Å². The Kier molecular flexibility index (Phi) is 14.0. The number of hydrogen-bond donors (Lipinski definition) is 2. The van der Waals surface area contributed by atoms with Gasteiger partial charge in [-0.05, 0) is 26.3 Å². The van der Waals surface area contributed by atoms with Gasteiger partial charge in [-0.3, -0.25) is 4.79 Å². The zero-order valence-electron chi connectivity index (χ0n) is 11.4. The summed E-state index contributed by atoms with van der Waals surface area (Å²) in [6.07, 6.45) is 2.35. The van der Waals surface area contributed by atoms with E-state index in [0.717, 1.165) is 36.6 Å². The second-order valence-corrected chi connectivity index (χ2v) is 4.98. The van der Waals surface area contributed by atoms with Gasteiger partial charge in [-0.1, -0.05) is 6.92 Å². The average Bonchev–Trinajstić information content (AvgIpc) is 2.71. The largest absolute Gasteiger partial charge is 0.355 e. The molecule has 0 fully saturated rings. The summed E-state index contributed by atoms with van der Waals surface area (Å²) in [7, 11) is 0. The lowest BCUT2D eigenvalue weighted by atomic mass is 10.2. The maximum Gasteiger partial charge on any atom is 0.220 e. The highest BCUT2D eigenvalue weighted by atomic mass is 35.5. The zero-order valence-corrected chi connectivity index (χ0v) is 13.8. The fourth-order valence-corrected chi connectivity index (χ4v) is 2.16. The van der Waals surface area contributed by atoms with Crippen LogP contribution in [0, 0.1) is 6.92 Å². The summed E-state index contributed by atoms with van der Waals surface area (Å²) in [5.41, 5.74) is 1.10. The molecule has 1 aromatic rings. The lowest BCUT2D eigenvalue weighted by molar-refractivity contribution is -0.121. The average molecular weight is 328 g/mol. The first kappa shape index (κ1) is 20.9. The predicted octanol–water partition coefficient (Wildman–Crippen LogP) is 2.34. The minimum Gasteiger partial charge on any atom is -0.355 e. The highest BCUT2D eigenvalue weighted by Crippen LogP contribution is 2.10. The van der Waals surface area contributed by atoms with Gasteiger partial charge in [0.25, 0.3) is 0 Å². The highest BCUT2D eigenvalue weighted by molar-refractivity contribution is 7.09. The molecule has 0 aliphatic carbocycles. The SMILES string of the molecule is CCNCCNC(=O)CCCc1csc(C)n1.Cl.Cl. The van der Waals surface area contributed by atoms with E-state index >= 15 is 0 Å². The maximum absolute atomic E-state index is 11.4. The first-order valence-electron chi connectivity index (χ1n) is 6.10. The lowest BCUT2D eigenvalue weighted by Gasteiger charge is -2.04. The molecule has 4 nitrogen and oxygen atoms in total. The molecule has 1 rings (SSSR count). The Morgan fingerprint density at radius 2 is 2.11 bits per heavy atom. The molecular weight excluding hydrogens is 305 g/mol. The Morgan fingerprint density at radius 3 is 2.68 bits per heavy atom. The number of likely N-dealkylation sites (N-methyl/N-ethyl adjacent to an activating group) is 1. The molecule has 0 atom stereocenters. The quantitative estimate of drug-likeness (QED) is 0.720. The second-order valence-electron chi connectivity index (χ2n) is 3.91. The molecule has 1 amide bonds. The smallest absolute Gasteiger partial charge is 0.220 e. The van der Waals surface area contributed by atoms with Crippen molar-refractivity contribution >= 4 is 42.1 Å². The van der Waals surface area contributed by atoms with Crippen molar-refractivity contribution in [1.82, 2.24) is 15.6 Å². The normalized spacial score (nSPS) is 9.37. The number of carbonyl (C=O) groups excluding carboxylic acids is 1. The molecular formula is C12H23Cl2N3OS. The number of nitrogens with zero attached hydrogens (tertiary/aromatic N) is 1. The van der Waals surface area contributed by atoms with Gasteiger partial charge in [-0.2, -0.15) is 0 Å². The minimum atomic E-state index is 0. The topological polar surface area (TPSA) is 54.0 Å². The van der Waals surface area contributed by atoms with Crippen LogP contribution in [0.2, 0.25) is 0 Å². The van der Waals surface area contributed by atoms with Crippen molar-refractivity contribution in [3.05, 3.63) is 16.1 Å². The number of carbonyl (C=O) groups is 1. The Bertz CT molecular complexity index is 347. The van der Waals surface area contributed by atoms with Crippen LogP contribution >= 0.6 is 36.2 Å². The van der Waals surface area contributed by atoms with E-state index in [1.165, 1.54) is 0 Å². The van der Waals surface area contributed by atoms with Crippen molar-refractivity contribution < 1.29 is 4.79 Å². The highest BCUT2D eigenvalue weighted by Gasteiger charge is 2.02. The van der Waals surface area contributed by atoms with E-state index in [0.29, 0.717) is 13.0 Å². The van der Waals surface area contributed by atoms with E-state index in [1.54, 1.807) is 11.3 Å².